The van der Waals surface area contributed by atoms with E-state index in [0.29, 0.717) is 11.6 Å². The van der Waals surface area contributed by atoms with Crippen molar-refractivity contribution in [3.8, 4) is 0 Å². The molecule has 0 fully saturated rings. The van der Waals surface area contributed by atoms with Crippen LogP contribution >= 0.6 is 11.3 Å². The molecule has 0 saturated heterocycles. The molecule has 0 radical (unpaired) electrons. The van der Waals surface area contributed by atoms with Crippen molar-refractivity contribution in [2.45, 2.75) is 19.5 Å². The molecule has 0 spiro atoms. The van der Waals surface area contributed by atoms with Gasteiger partial charge in [0.1, 0.15) is 0 Å². The number of allylic oxidation sites excluding steroid dienone is 3. The Morgan fingerprint density at radius 3 is 2.58 bits per heavy atom. The lowest BCUT2D eigenvalue weighted by Gasteiger charge is -2.06. The average Bonchev–Trinajstić information content (AvgIpc) is 2.94. The van der Waals surface area contributed by atoms with Crippen molar-refractivity contribution in [3.63, 3.8) is 0 Å². The molecule has 1 aromatic carbocycles. The molecule has 2 aromatic rings. The predicted molar refractivity (Wildman–Crippen MR) is 88.9 cm³/mol. The number of carbonyl (C=O) groups excluding carboxylic acids is 1. The number of amides is 1. The molecular formula is C17H15F3N2OS. The average molecular weight is 352 g/mol. The van der Waals surface area contributed by atoms with E-state index in [1.54, 1.807) is 24.4 Å². The zero-order valence-corrected chi connectivity index (χ0v) is 13.6. The van der Waals surface area contributed by atoms with E-state index in [0.717, 1.165) is 22.6 Å². The van der Waals surface area contributed by atoms with E-state index in [2.05, 4.69) is 10.3 Å². The normalized spacial score (nSPS) is 12.2. The Morgan fingerprint density at radius 1 is 1.25 bits per heavy atom. The summed E-state index contributed by atoms with van der Waals surface area (Å²) in [5.74, 6) is -0.288. The van der Waals surface area contributed by atoms with Crippen LogP contribution in [0.4, 0.5) is 18.3 Å². The van der Waals surface area contributed by atoms with Crippen molar-refractivity contribution in [2.75, 3.05) is 5.32 Å². The third kappa shape index (κ3) is 5.34. The molecule has 2 rings (SSSR count). The van der Waals surface area contributed by atoms with Crippen molar-refractivity contribution in [3.05, 3.63) is 70.8 Å². The van der Waals surface area contributed by atoms with Crippen LogP contribution < -0.4 is 5.32 Å². The highest BCUT2D eigenvalue weighted by molar-refractivity contribution is 7.15. The first kappa shape index (κ1) is 17.9. The second kappa shape index (κ2) is 7.92. The first-order chi connectivity index (χ1) is 11.4. The molecule has 0 saturated carbocycles. The van der Waals surface area contributed by atoms with Crippen LogP contribution in [-0.2, 0) is 17.4 Å². The van der Waals surface area contributed by atoms with E-state index in [1.807, 2.05) is 6.92 Å². The van der Waals surface area contributed by atoms with E-state index in [1.165, 1.54) is 29.5 Å². The number of aromatic nitrogens is 1. The Balaban J connectivity index is 1.97. The third-order valence-electron chi connectivity index (χ3n) is 2.99. The summed E-state index contributed by atoms with van der Waals surface area (Å²) < 4.78 is 37.6. The van der Waals surface area contributed by atoms with Gasteiger partial charge in [-0.3, -0.25) is 10.1 Å². The van der Waals surface area contributed by atoms with Gasteiger partial charge in [-0.25, -0.2) is 4.98 Å². The minimum atomic E-state index is -4.33. The number of carbonyl (C=O) groups is 1. The maximum absolute atomic E-state index is 12.5. The minimum absolute atomic E-state index is 0.288. The van der Waals surface area contributed by atoms with Crippen molar-refractivity contribution in [1.29, 1.82) is 0 Å². The third-order valence-corrected chi connectivity index (χ3v) is 3.91. The second-order valence-electron chi connectivity index (χ2n) is 4.88. The van der Waals surface area contributed by atoms with Crippen LogP contribution in [0.3, 0.4) is 0 Å². The number of hydrogen-bond acceptors (Lipinski definition) is 3. The number of benzene rings is 1. The van der Waals surface area contributed by atoms with Crippen LogP contribution in [0, 0.1) is 0 Å². The van der Waals surface area contributed by atoms with Gasteiger partial charge in [0.05, 0.1) is 5.56 Å². The summed E-state index contributed by atoms with van der Waals surface area (Å²) in [6.07, 6.45) is 4.27. The Hall–Kier alpha value is -2.41. The van der Waals surface area contributed by atoms with E-state index < -0.39 is 11.7 Å². The monoisotopic (exact) mass is 352 g/mol. The fraction of sp³-hybridized carbons (Fsp3) is 0.176. The number of hydrogen-bond donors (Lipinski definition) is 1. The smallest absolute Gasteiger partial charge is 0.298 e. The highest BCUT2D eigenvalue weighted by Crippen LogP contribution is 2.29. The summed E-state index contributed by atoms with van der Waals surface area (Å²) in [5.41, 5.74) is 0.0777. The van der Waals surface area contributed by atoms with Gasteiger partial charge in [0.15, 0.2) is 5.13 Å². The number of nitrogens with zero attached hydrogens (tertiary/aromatic N) is 1. The Bertz CT molecular complexity index is 746. The largest absolute Gasteiger partial charge is 0.416 e. The molecule has 0 aliphatic carbocycles. The lowest BCUT2D eigenvalue weighted by Crippen LogP contribution is -2.06. The van der Waals surface area contributed by atoms with Crippen molar-refractivity contribution < 1.29 is 18.0 Å². The summed E-state index contributed by atoms with van der Waals surface area (Å²) in [4.78, 5) is 16.6. The first-order valence-corrected chi connectivity index (χ1v) is 7.91. The number of anilines is 1. The molecule has 1 N–H and O–H groups in total. The molecule has 0 unspecified atom stereocenters. The zero-order valence-electron chi connectivity index (χ0n) is 12.8. The molecular weight excluding hydrogens is 337 g/mol. The molecule has 126 valence electrons. The maximum atomic E-state index is 12.5. The quantitative estimate of drug-likeness (QED) is 0.619. The molecule has 0 atom stereocenters. The molecule has 7 heteroatoms. The maximum Gasteiger partial charge on any atom is 0.416 e. The summed E-state index contributed by atoms with van der Waals surface area (Å²) in [6.45, 7) is 1.84. The van der Waals surface area contributed by atoms with Crippen LogP contribution in [0.15, 0.2) is 54.8 Å². The number of nitrogens with one attached hydrogen (secondary N) is 1. The summed E-state index contributed by atoms with van der Waals surface area (Å²) in [7, 11) is 0. The summed E-state index contributed by atoms with van der Waals surface area (Å²) in [6, 6.07) is 5.01. The van der Waals surface area contributed by atoms with Crippen molar-refractivity contribution in [2.24, 2.45) is 0 Å². The van der Waals surface area contributed by atoms with E-state index in [9.17, 15) is 18.0 Å². The van der Waals surface area contributed by atoms with Crippen LogP contribution in [0.2, 0.25) is 0 Å². The highest BCUT2D eigenvalue weighted by atomic mass is 32.1. The van der Waals surface area contributed by atoms with Gasteiger partial charge >= 0.3 is 6.18 Å². The number of alkyl halides is 3. The summed E-state index contributed by atoms with van der Waals surface area (Å²) in [5, 5.41) is 3.09. The molecule has 1 aromatic heterocycles. The molecule has 1 heterocycles. The zero-order chi connectivity index (χ0) is 17.6. The van der Waals surface area contributed by atoms with Crippen LogP contribution in [-0.4, -0.2) is 10.9 Å². The lowest BCUT2D eigenvalue weighted by atomic mass is 10.1. The van der Waals surface area contributed by atoms with Gasteiger partial charge in [0.25, 0.3) is 0 Å². The van der Waals surface area contributed by atoms with Crippen LogP contribution in [0.1, 0.15) is 22.9 Å². The second-order valence-corrected chi connectivity index (χ2v) is 5.99. The number of halogens is 3. The first-order valence-electron chi connectivity index (χ1n) is 7.09. The van der Waals surface area contributed by atoms with E-state index >= 15 is 0 Å². The topological polar surface area (TPSA) is 42.0 Å². The Kier molecular flexibility index (Phi) is 5.92. The molecule has 0 bridgehead atoms. The molecule has 1 amide bonds. The predicted octanol–water partition coefficient (Wildman–Crippen LogP) is 4.82. The van der Waals surface area contributed by atoms with Crippen LogP contribution in [0.5, 0.6) is 0 Å². The molecule has 3 nitrogen and oxygen atoms in total. The molecule has 0 aliphatic heterocycles. The minimum Gasteiger partial charge on any atom is -0.298 e. The molecule has 0 aliphatic rings. The Morgan fingerprint density at radius 2 is 1.96 bits per heavy atom. The lowest BCUT2D eigenvalue weighted by molar-refractivity contribution is -0.137. The molecule has 24 heavy (non-hydrogen) atoms. The number of rotatable bonds is 5. The number of thiazole rings is 1. The van der Waals surface area contributed by atoms with E-state index in [4.69, 9.17) is 0 Å². The fourth-order valence-corrected chi connectivity index (χ4v) is 2.71. The van der Waals surface area contributed by atoms with Gasteiger partial charge in [0.2, 0.25) is 5.91 Å². The Labute approximate surface area is 141 Å². The van der Waals surface area contributed by atoms with Crippen molar-refractivity contribution >= 4 is 22.4 Å². The standard InChI is InChI=1S/C17H15F3N2OS/c1-2-3-4-5-15(23)22-16-21-11-14(24-16)10-12-6-8-13(9-7-12)17(18,19)20/h2-9,11H,10H2,1H3,(H,21,22,23). The van der Waals surface area contributed by atoms with E-state index in [-0.39, 0.29) is 5.91 Å². The summed E-state index contributed by atoms with van der Waals surface area (Å²) >= 11 is 1.29. The van der Waals surface area contributed by atoms with Gasteiger partial charge in [-0.1, -0.05) is 30.4 Å². The van der Waals surface area contributed by atoms with Gasteiger partial charge in [-0.05, 0) is 24.6 Å². The fourth-order valence-electron chi connectivity index (χ4n) is 1.86. The SMILES string of the molecule is CC=CC=CC(=O)Nc1ncc(Cc2ccc(C(F)(F)F)cc2)s1. The van der Waals surface area contributed by atoms with Gasteiger partial charge < -0.3 is 0 Å². The van der Waals surface area contributed by atoms with Crippen LogP contribution in [0.25, 0.3) is 0 Å². The highest BCUT2D eigenvalue weighted by Gasteiger charge is 2.29. The van der Waals surface area contributed by atoms with Crippen molar-refractivity contribution in [1.82, 2.24) is 4.98 Å². The van der Waals surface area contributed by atoms with Gasteiger partial charge in [-0.2, -0.15) is 13.2 Å². The van der Waals surface area contributed by atoms with Gasteiger partial charge in [-0.15, -0.1) is 11.3 Å². The van der Waals surface area contributed by atoms with Gasteiger partial charge in [0, 0.05) is 23.6 Å².